The van der Waals surface area contributed by atoms with Crippen LogP contribution in [0.1, 0.15) is 5.56 Å². The van der Waals surface area contributed by atoms with E-state index in [1.54, 1.807) is 7.05 Å². The molecule has 0 fully saturated rings. The molecule has 1 amide bonds. The van der Waals surface area contributed by atoms with Crippen molar-refractivity contribution in [3.05, 3.63) is 82.6 Å². The highest BCUT2D eigenvalue weighted by Crippen LogP contribution is 2.31. The Hall–Kier alpha value is -2.90. The largest absolute Gasteiger partial charge is 0.351 e. The molecule has 2 aromatic heterocycles. The topological polar surface area (TPSA) is 64.0 Å². The fraction of sp³-hybridized carbons (Fsp3) is 0.136. The van der Waals surface area contributed by atoms with Crippen LogP contribution in [0.5, 0.6) is 0 Å². The Morgan fingerprint density at radius 3 is 2.52 bits per heavy atom. The third-order valence-electron chi connectivity index (χ3n) is 4.45. The molecule has 29 heavy (non-hydrogen) atoms. The summed E-state index contributed by atoms with van der Waals surface area (Å²) in [6.45, 7) is 0.483. The predicted molar refractivity (Wildman–Crippen MR) is 119 cm³/mol. The van der Waals surface area contributed by atoms with Crippen molar-refractivity contribution < 1.29 is 4.79 Å². The van der Waals surface area contributed by atoms with Crippen molar-refractivity contribution in [2.75, 3.05) is 5.75 Å². The van der Waals surface area contributed by atoms with Crippen molar-refractivity contribution in [2.45, 2.75) is 11.7 Å². The Morgan fingerprint density at radius 2 is 1.79 bits per heavy atom. The van der Waals surface area contributed by atoms with Crippen LogP contribution in [-0.2, 0) is 18.4 Å². The summed E-state index contributed by atoms with van der Waals surface area (Å²) in [5.41, 5.74) is 2.01. The van der Waals surface area contributed by atoms with Gasteiger partial charge in [0, 0.05) is 18.5 Å². The molecule has 0 spiro atoms. The minimum Gasteiger partial charge on any atom is -0.351 e. The van der Waals surface area contributed by atoms with E-state index in [2.05, 4.69) is 10.3 Å². The lowest BCUT2D eigenvalue weighted by Crippen LogP contribution is -2.25. The van der Waals surface area contributed by atoms with Gasteiger partial charge in [0.05, 0.1) is 11.1 Å². The lowest BCUT2D eigenvalue weighted by atomic mass is 10.2. The van der Waals surface area contributed by atoms with Gasteiger partial charge in [-0.05, 0) is 17.2 Å². The molecule has 0 radical (unpaired) electrons. The molecule has 2 heterocycles. The molecule has 1 N–H and O–H groups in total. The van der Waals surface area contributed by atoms with Crippen LogP contribution in [0.4, 0.5) is 0 Å². The van der Waals surface area contributed by atoms with Gasteiger partial charge in [-0.15, -0.1) is 11.3 Å². The Bertz CT molecular complexity index is 1200. The normalized spacial score (nSPS) is 10.9. The van der Waals surface area contributed by atoms with Crippen LogP contribution < -0.4 is 10.9 Å². The van der Waals surface area contributed by atoms with Crippen molar-refractivity contribution >= 4 is 39.2 Å². The maximum absolute atomic E-state index is 12.8. The number of carbonyl (C=O) groups excluding carboxylic acids is 1. The molecule has 4 aromatic rings. The number of nitrogens with zero attached hydrogens (tertiary/aromatic N) is 2. The fourth-order valence-electron chi connectivity index (χ4n) is 2.90. The molecule has 0 saturated heterocycles. The molecule has 7 heteroatoms. The summed E-state index contributed by atoms with van der Waals surface area (Å²) < 4.78 is 1.51. The Kier molecular flexibility index (Phi) is 5.78. The molecule has 0 unspecified atom stereocenters. The third-order valence-corrected chi connectivity index (χ3v) is 6.56. The molecule has 0 aliphatic heterocycles. The van der Waals surface area contributed by atoms with E-state index in [1.165, 1.54) is 27.7 Å². The highest BCUT2D eigenvalue weighted by molar-refractivity contribution is 7.99. The van der Waals surface area contributed by atoms with Gasteiger partial charge in [-0.1, -0.05) is 72.4 Å². The monoisotopic (exact) mass is 421 g/mol. The number of fused-ring (bicyclic) bond motifs is 1. The van der Waals surface area contributed by atoms with E-state index in [9.17, 15) is 9.59 Å². The summed E-state index contributed by atoms with van der Waals surface area (Å²) in [6, 6.07) is 21.6. The van der Waals surface area contributed by atoms with E-state index in [-0.39, 0.29) is 17.2 Å². The molecule has 4 rings (SSSR count). The SMILES string of the molecule is Cn1c(SCC(=O)NCc2ccccc2)nc2sc(-c3ccccc3)cc2c1=O. The van der Waals surface area contributed by atoms with Gasteiger partial charge in [0.15, 0.2) is 5.16 Å². The Morgan fingerprint density at radius 1 is 1.10 bits per heavy atom. The van der Waals surface area contributed by atoms with Gasteiger partial charge < -0.3 is 5.32 Å². The first-order valence-electron chi connectivity index (χ1n) is 9.11. The molecule has 0 bridgehead atoms. The zero-order valence-corrected chi connectivity index (χ0v) is 17.4. The zero-order chi connectivity index (χ0) is 20.2. The van der Waals surface area contributed by atoms with Crippen molar-refractivity contribution in [1.29, 1.82) is 0 Å². The number of thioether (sulfide) groups is 1. The van der Waals surface area contributed by atoms with Crippen LogP contribution in [0.25, 0.3) is 20.7 Å². The molecule has 146 valence electrons. The van der Waals surface area contributed by atoms with Gasteiger partial charge in [-0.2, -0.15) is 0 Å². The van der Waals surface area contributed by atoms with Crippen LogP contribution in [0, 0.1) is 0 Å². The first-order valence-corrected chi connectivity index (χ1v) is 10.9. The van der Waals surface area contributed by atoms with Crippen molar-refractivity contribution in [3.8, 4) is 10.4 Å². The average molecular weight is 422 g/mol. The first kappa shape index (κ1) is 19.4. The second-order valence-electron chi connectivity index (χ2n) is 6.51. The summed E-state index contributed by atoms with van der Waals surface area (Å²) in [5.74, 6) is 0.111. The number of aromatic nitrogens is 2. The van der Waals surface area contributed by atoms with Gasteiger partial charge in [0.25, 0.3) is 5.56 Å². The number of hydrogen-bond donors (Lipinski definition) is 1. The summed E-state index contributed by atoms with van der Waals surface area (Å²) in [6.07, 6.45) is 0. The molecule has 0 aliphatic rings. The highest BCUT2D eigenvalue weighted by Gasteiger charge is 2.14. The smallest absolute Gasteiger partial charge is 0.262 e. The summed E-state index contributed by atoms with van der Waals surface area (Å²) >= 11 is 2.76. The highest BCUT2D eigenvalue weighted by atomic mass is 32.2. The van der Waals surface area contributed by atoms with E-state index in [0.717, 1.165) is 16.0 Å². The summed E-state index contributed by atoms with van der Waals surface area (Å²) in [4.78, 5) is 31.3. The van der Waals surface area contributed by atoms with E-state index in [0.29, 0.717) is 21.9 Å². The quantitative estimate of drug-likeness (QED) is 0.377. The molecule has 0 saturated carbocycles. The maximum atomic E-state index is 12.8. The number of benzene rings is 2. The Balaban J connectivity index is 1.49. The molecule has 5 nitrogen and oxygen atoms in total. The van der Waals surface area contributed by atoms with Gasteiger partial charge >= 0.3 is 0 Å². The minimum atomic E-state index is -0.0966. The second kappa shape index (κ2) is 8.63. The second-order valence-corrected chi connectivity index (χ2v) is 8.48. The predicted octanol–water partition coefficient (Wildman–Crippen LogP) is 4.07. The third kappa shape index (κ3) is 4.41. The van der Waals surface area contributed by atoms with Gasteiger partial charge in [0.2, 0.25) is 5.91 Å². The number of amides is 1. The Labute approximate surface area is 176 Å². The van der Waals surface area contributed by atoms with Crippen molar-refractivity contribution in [2.24, 2.45) is 7.05 Å². The summed E-state index contributed by atoms with van der Waals surface area (Å²) in [5, 5.41) is 4.04. The average Bonchev–Trinajstić information content (AvgIpc) is 3.19. The number of carbonyl (C=O) groups is 1. The molecular weight excluding hydrogens is 402 g/mol. The lowest BCUT2D eigenvalue weighted by Gasteiger charge is -2.08. The van der Waals surface area contributed by atoms with Crippen LogP contribution in [-0.4, -0.2) is 21.2 Å². The van der Waals surface area contributed by atoms with E-state index in [1.807, 2.05) is 66.7 Å². The first-order chi connectivity index (χ1) is 14.1. The zero-order valence-electron chi connectivity index (χ0n) is 15.8. The van der Waals surface area contributed by atoms with Gasteiger partial charge in [0.1, 0.15) is 4.83 Å². The van der Waals surface area contributed by atoms with E-state index >= 15 is 0 Å². The molecular formula is C22H19N3O2S2. The maximum Gasteiger partial charge on any atom is 0.262 e. The minimum absolute atomic E-state index is 0.0932. The van der Waals surface area contributed by atoms with Crippen LogP contribution in [0.2, 0.25) is 0 Å². The standard InChI is InChI=1S/C22H19N3O2S2/c1-25-21(27)17-12-18(16-10-6-3-7-11-16)29-20(17)24-22(25)28-14-19(26)23-13-15-8-4-2-5-9-15/h2-12H,13-14H2,1H3,(H,23,26). The molecule has 2 aromatic carbocycles. The summed E-state index contributed by atoms with van der Waals surface area (Å²) in [7, 11) is 1.69. The lowest BCUT2D eigenvalue weighted by molar-refractivity contribution is -0.118. The number of rotatable bonds is 6. The van der Waals surface area contributed by atoms with Crippen molar-refractivity contribution in [3.63, 3.8) is 0 Å². The fourth-order valence-corrected chi connectivity index (χ4v) is 4.78. The molecule has 0 atom stereocenters. The van der Waals surface area contributed by atoms with E-state index < -0.39 is 0 Å². The van der Waals surface area contributed by atoms with Crippen LogP contribution >= 0.6 is 23.1 Å². The number of thiophene rings is 1. The van der Waals surface area contributed by atoms with Crippen LogP contribution in [0.15, 0.2) is 76.7 Å². The molecule has 0 aliphatic carbocycles. The van der Waals surface area contributed by atoms with Crippen LogP contribution in [0.3, 0.4) is 0 Å². The van der Waals surface area contributed by atoms with Gasteiger partial charge in [-0.3, -0.25) is 14.2 Å². The van der Waals surface area contributed by atoms with Crippen molar-refractivity contribution in [1.82, 2.24) is 14.9 Å². The number of hydrogen-bond acceptors (Lipinski definition) is 5. The van der Waals surface area contributed by atoms with Gasteiger partial charge in [-0.25, -0.2) is 4.98 Å². The number of nitrogens with one attached hydrogen (secondary N) is 1. The van der Waals surface area contributed by atoms with E-state index in [4.69, 9.17) is 0 Å².